The van der Waals surface area contributed by atoms with Gasteiger partial charge in [-0.25, -0.2) is 4.39 Å². The molecule has 1 amide bonds. The van der Waals surface area contributed by atoms with Crippen molar-refractivity contribution in [1.29, 1.82) is 0 Å². The molecule has 120 valence electrons. The molecule has 0 unspecified atom stereocenters. The molecule has 2 N–H and O–H groups in total. The van der Waals surface area contributed by atoms with Gasteiger partial charge in [0.05, 0.1) is 11.8 Å². The molecule has 0 radical (unpaired) electrons. The van der Waals surface area contributed by atoms with E-state index in [9.17, 15) is 14.3 Å². The van der Waals surface area contributed by atoms with E-state index in [2.05, 4.69) is 27.8 Å². The summed E-state index contributed by atoms with van der Waals surface area (Å²) in [5.41, 5.74) is -0.645. The van der Waals surface area contributed by atoms with E-state index in [1.165, 1.54) is 19.3 Å². The summed E-state index contributed by atoms with van der Waals surface area (Å²) in [6.45, 7) is 4.74. The molecule has 0 bridgehead atoms. The number of benzene rings is 1. The Hall–Kier alpha value is -1.40. The van der Waals surface area contributed by atoms with Gasteiger partial charge in [0.15, 0.2) is 0 Å². The first-order valence-electron chi connectivity index (χ1n) is 7.04. The molecule has 1 fully saturated rings. The Bertz CT molecular complexity index is 581. The topological polar surface area (TPSA) is 58.6 Å². The predicted octanol–water partition coefficient (Wildman–Crippen LogP) is 2.85. The third kappa shape index (κ3) is 3.17. The Morgan fingerprint density at radius 3 is 3.00 bits per heavy atom. The average molecular weight is 372 g/mol. The van der Waals surface area contributed by atoms with Crippen molar-refractivity contribution in [3.05, 3.63) is 46.9 Å². The number of aliphatic hydroxyl groups is 1. The number of carbonyl (C=O) groups is 1. The van der Waals surface area contributed by atoms with Crippen molar-refractivity contribution < 1.29 is 19.0 Å². The molecule has 1 aromatic rings. The number of carbonyl (C=O) groups excluding carboxylic acids is 1. The summed E-state index contributed by atoms with van der Waals surface area (Å²) in [6.07, 6.45) is 1.98. The van der Waals surface area contributed by atoms with Gasteiger partial charge in [-0.05, 0) is 24.6 Å². The van der Waals surface area contributed by atoms with Gasteiger partial charge in [-0.2, -0.15) is 0 Å². The van der Waals surface area contributed by atoms with E-state index in [4.69, 9.17) is 4.74 Å². The summed E-state index contributed by atoms with van der Waals surface area (Å²) in [5.74, 6) is -1.04. The van der Waals surface area contributed by atoms with Gasteiger partial charge in [-0.15, -0.1) is 0 Å². The molecular formula is C16H19BrFNO3. The molecule has 0 saturated heterocycles. The molecule has 2 rings (SSSR count). The van der Waals surface area contributed by atoms with E-state index in [0.717, 1.165) is 0 Å². The Kier molecular flexibility index (Phi) is 5.24. The lowest BCUT2D eigenvalue weighted by atomic mass is 9.80. The predicted molar refractivity (Wildman–Crippen MR) is 84.5 cm³/mol. The Labute approximate surface area is 137 Å². The molecule has 0 spiro atoms. The Balaban J connectivity index is 2.53. The molecule has 0 heterocycles. The molecular weight excluding hydrogens is 353 g/mol. The van der Waals surface area contributed by atoms with Crippen molar-refractivity contribution in [1.82, 2.24) is 5.32 Å². The van der Waals surface area contributed by atoms with Crippen molar-refractivity contribution in [2.45, 2.75) is 31.4 Å². The second kappa shape index (κ2) is 6.79. The Morgan fingerprint density at radius 1 is 1.68 bits per heavy atom. The first-order chi connectivity index (χ1) is 10.4. The lowest BCUT2D eigenvalue weighted by molar-refractivity contribution is -0.121. The number of ether oxygens (including phenoxy) is 1. The molecule has 0 aliphatic heterocycles. The van der Waals surface area contributed by atoms with E-state index >= 15 is 0 Å². The largest absolute Gasteiger partial charge is 0.499 e. The van der Waals surface area contributed by atoms with E-state index < -0.39 is 11.4 Å². The second-order valence-corrected chi connectivity index (χ2v) is 6.44. The van der Waals surface area contributed by atoms with Crippen molar-refractivity contribution in [3.8, 4) is 0 Å². The minimum atomic E-state index is -0.998. The molecule has 0 aromatic heterocycles. The second-order valence-electron chi connectivity index (χ2n) is 5.52. The summed E-state index contributed by atoms with van der Waals surface area (Å²) in [4.78, 5) is 11.7. The summed E-state index contributed by atoms with van der Waals surface area (Å²) >= 11 is 3.33. The fourth-order valence-electron chi connectivity index (χ4n) is 3.30. The molecule has 3 atom stereocenters. The van der Waals surface area contributed by atoms with Gasteiger partial charge < -0.3 is 15.2 Å². The molecule has 1 aromatic carbocycles. The van der Waals surface area contributed by atoms with Gasteiger partial charge in [-0.3, -0.25) is 4.79 Å². The highest BCUT2D eigenvalue weighted by Crippen LogP contribution is 2.46. The molecule has 1 aliphatic rings. The van der Waals surface area contributed by atoms with Crippen LogP contribution in [0.1, 0.15) is 25.3 Å². The zero-order valence-corrected chi connectivity index (χ0v) is 13.9. The minimum absolute atomic E-state index is 0.177. The van der Waals surface area contributed by atoms with Crippen molar-refractivity contribution in [3.63, 3.8) is 0 Å². The zero-order chi connectivity index (χ0) is 16.3. The van der Waals surface area contributed by atoms with Gasteiger partial charge in [0, 0.05) is 35.9 Å². The van der Waals surface area contributed by atoms with Crippen molar-refractivity contribution in [2.75, 3.05) is 6.61 Å². The zero-order valence-electron chi connectivity index (χ0n) is 12.3. The summed E-state index contributed by atoms with van der Waals surface area (Å²) in [7, 11) is 0. The number of halogens is 2. The van der Waals surface area contributed by atoms with Crippen LogP contribution in [0.4, 0.5) is 4.39 Å². The van der Waals surface area contributed by atoms with Crippen LogP contribution in [-0.2, 0) is 15.1 Å². The van der Waals surface area contributed by atoms with Crippen LogP contribution in [0.2, 0.25) is 0 Å². The maximum absolute atomic E-state index is 14.4. The quantitative estimate of drug-likeness (QED) is 0.782. The first kappa shape index (κ1) is 17.0. The van der Waals surface area contributed by atoms with Crippen LogP contribution in [0.3, 0.4) is 0 Å². The van der Waals surface area contributed by atoms with Gasteiger partial charge in [0.2, 0.25) is 5.91 Å². The summed E-state index contributed by atoms with van der Waals surface area (Å²) in [6, 6.07) is 4.59. The van der Waals surface area contributed by atoms with Gasteiger partial charge >= 0.3 is 0 Å². The molecule has 22 heavy (non-hydrogen) atoms. The van der Waals surface area contributed by atoms with Crippen LogP contribution in [0.15, 0.2) is 35.5 Å². The highest BCUT2D eigenvalue weighted by atomic mass is 79.9. The van der Waals surface area contributed by atoms with Gasteiger partial charge in [0.1, 0.15) is 11.9 Å². The normalized spacial score (nSPS) is 27.5. The summed E-state index contributed by atoms with van der Waals surface area (Å²) < 4.78 is 20.6. The third-order valence-electron chi connectivity index (χ3n) is 4.11. The van der Waals surface area contributed by atoms with E-state index in [1.807, 2.05) is 0 Å². The maximum atomic E-state index is 14.4. The highest BCUT2D eigenvalue weighted by molar-refractivity contribution is 9.10. The number of amides is 1. The minimum Gasteiger partial charge on any atom is -0.499 e. The number of aliphatic hydroxyl groups excluding tert-OH is 1. The number of hydrogen-bond donors (Lipinski definition) is 2. The fraction of sp³-hybridized carbons (Fsp3) is 0.438. The van der Waals surface area contributed by atoms with Crippen LogP contribution in [0.5, 0.6) is 0 Å². The number of nitrogens with one attached hydrogen (secondary N) is 1. The fourth-order valence-corrected chi connectivity index (χ4v) is 3.66. The van der Waals surface area contributed by atoms with Crippen LogP contribution in [-0.4, -0.2) is 23.7 Å². The molecule has 1 aliphatic carbocycles. The molecule has 6 heteroatoms. The standard InChI is InChI=1S/C16H19BrFNO3/c1-3-22-13-6-11(9-20)16(8-13,19-10(2)21)14-7-12(17)4-5-15(14)18/h3-5,7,11,13,20H,1,6,8-9H2,2H3,(H,19,21)/t11-,13-,16-/m0/s1. The molecule has 4 nitrogen and oxygen atoms in total. The van der Waals surface area contributed by atoms with E-state index in [0.29, 0.717) is 22.9 Å². The van der Waals surface area contributed by atoms with Crippen LogP contribution in [0, 0.1) is 11.7 Å². The van der Waals surface area contributed by atoms with Gasteiger partial charge in [0.25, 0.3) is 0 Å². The first-order valence-corrected chi connectivity index (χ1v) is 7.83. The van der Waals surface area contributed by atoms with Crippen molar-refractivity contribution in [2.24, 2.45) is 5.92 Å². The van der Waals surface area contributed by atoms with Crippen LogP contribution >= 0.6 is 15.9 Å². The smallest absolute Gasteiger partial charge is 0.217 e. The Morgan fingerprint density at radius 2 is 2.41 bits per heavy atom. The SMILES string of the molecule is C=CO[C@H]1C[C@@H](CO)[C@](NC(C)=O)(c2cc(Br)ccc2F)C1. The monoisotopic (exact) mass is 371 g/mol. The highest BCUT2D eigenvalue weighted by Gasteiger charge is 2.51. The average Bonchev–Trinajstić information content (AvgIpc) is 2.79. The van der Waals surface area contributed by atoms with E-state index in [-0.39, 0.29) is 24.5 Å². The van der Waals surface area contributed by atoms with E-state index in [1.54, 1.807) is 12.1 Å². The number of hydrogen-bond acceptors (Lipinski definition) is 3. The lowest BCUT2D eigenvalue weighted by Gasteiger charge is -2.36. The van der Waals surface area contributed by atoms with Crippen molar-refractivity contribution >= 4 is 21.8 Å². The van der Waals surface area contributed by atoms with Crippen LogP contribution in [0.25, 0.3) is 0 Å². The number of rotatable bonds is 5. The van der Waals surface area contributed by atoms with Gasteiger partial charge in [-0.1, -0.05) is 22.5 Å². The maximum Gasteiger partial charge on any atom is 0.217 e. The van der Waals surface area contributed by atoms with Crippen LogP contribution < -0.4 is 5.32 Å². The third-order valence-corrected chi connectivity index (χ3v) is 4.60. The lowest BCUT2D eigenvalue weighted by Crippen LogP contribution is -2.49. The summed E-state index contributed by atoms with van der Waals surface area (Å²) in [5, 5.41) is 12.6. The molecule has 1 saturated carbocycles.